The van der Waals surface area contributed by atoms with Crippen LogP contribution in [0.4, 0.5) is 13.2 Å². The van der Waals surface area contributed by atoms with Crippen molar-refractivity contribution in [2.24, 2.45) is 0 Å². The van der Waals surface area contributed by atoms with Crippen LogP contribution in [0.1, 0.15) is 17.3 Å². The third-order valence-electron chi connectivity index (χ3n) is 2.49. The van der Waals surface area contributed by atoms with E-state index in [0.29, 0.717) is 0 Å². The largest absolute Gasteiger partial charge is 0.573 e. The number of esters is 2. The number of hydrogen-bond acceptors (Lipinski definition) is 6. The first-order chi connectivity index (χ1) is 11.1. The van der Waals surface area contributed by atoms with E-state index in [0.717, 1.165) is 12.1 Å². The number of ether oxygens (including phenoxy) is 3. The maximum absolute atomic E-state index is 12.3. The van der Waals surface area contributed by atoms with Gasteiger partial charge in [-0.2, -0.15) is 0 Å². The standard InChI is InChI=1S/C15H15F3O6/c1-9(2)13(20)22-7-10(19)8-23-14(21)11-5-3-4-6-12(11)24-15(16,17)18/h3-6,10,19H,1,7-8H2,2H3. The Bertz CT molecular complexity index is 611. The van der Waals surface area contributed by atoms with E-state index in [2.05, 4.69) is 20.8 Å². The molecule has 1 unspecified atom stereocenters. The van der Waals surface area contributed by atoms with Gasteiger partial charge in [-0.25, -0.2) is 9.59 Å². The minimum atomic E-state index is -4.97. The zero-order valence-corrected chi connectivity index (χ0v) is 12.6. The lowest BCUT2D eigenvalue weighted by molar-refractivity contribution is -0.274. The van der Waals surface area contributed by atoms with Crippen LogP contribution in [0.2, 0.25) is 0 Å². The van der Waals surface area contributed by atoms with Crippen LogP contribution >= 0.6 is 0 Å². The van der Waals surface area contributed by atoms with Gasteiger partial charge in [0.2, 0.25) is 0 Å². The van der Waals surface area contributed by atoms with Crippen molar-refractivity contribution >= 4 is 11.9 Å². The molecular weight excluding hydrogens is 333 g/mol. The summed E-state index contributed by atoms with van der Waals surface area (Å²) in [5, 5.41) is 9.54. The van der Waals surface area contributed by atoms with Gasteiger partial charge < -0.3 is 19.3 Å². The first kappa shape index (κ1) is 19.5. The van der Waals surface area contributed by atoms with Crippen LogP contribution < -0.4 is 4.74 Å². The molecule has 132 valence electrons. The van der Waals surface area contributed by atoms with E-state index < -0.39 is 48.9 Å². The van der Waals surface area contributed by atoms with Gasteiger partial charge in [0, 0.05) is 5.57 Å². The summed E-state index contributed by atoms with van der Waals surface area (Å²) in [6.07, 6.45) is -6.31. The van der Waals surface area contributed by atoms with E-state index in [1.54, 1.807) is 0 Å². The number of alkyl halides is 3. The fourth-order valence-electron chi connectivity index (χ4n) is 1.44. The molecule has 0 spiro atoms. The fourth-order valence-corrected chi connectivity index (χ4v) is 1.44. The van der Waals surface area contributed by atoms with Crippen molar-refractivity contribution in [3.05, 3.63) is 42.0 Å². The quantitative estimate of drug-likeness (QED) is 0.601. The Kier molecular flexibility index (Phi) is 6.78. The predicted octanol–water partition coefficient (Wildman–Crippen LogP) is 2.22. The second-order valence-electron chi connectivity index (χ2n) is 4.68. The second kappa shape index (κ2) is 8.34. The number of aliphatic hydroxyl groups is 1. The SMILES string of the molecule is C=C(C)C(=O)OCC(O)COC(=O)c1ccccc1OC(F)(F)F. The summed E-state index contributed by atoms with van der Waals surface area (Å²) in [5.41, 5.74) is -0.335. The molecule has 0 aromatic heterocycles. The number of rotatable bonds is 7. The van der Waals surface area contributed by atoms with Crippen molar-refractivity contribution in [2.75, 3.05) is 13.2 Å². The highest BCUT2D eigenvalue weighted by atomic mass is 19.4. The molecule has 0 fully saturated rings. The predicted molar refractivity (Wildman–Crippen MR) is 75.2 cm³/mol. The molecule has 1 rings (SSSR count). The van der Waals surface area contributed by atoms with Crippen LogP contribution in [0.25, 0.3) is 0 Å². The highest BCUT2D eigenvalue weighted by Crippen LogP contribution is 2.26. The van der Waals surface area contributed by atoms with Crippen LogP contribution in [0.3, 0.4) is 0 Å². The third-order valence-corrected chi connectivity index (χ3v) is 2.49. The van der Waals surface area contributed by atoms with E-state index >= 15 is 0 Å². The molecule has 9 heteroatoms. The molecule has 0 aliphatic rings. The Morgan fingerprint density at radius 3 is 2.38 bits per heavy atom. The highest BCUT2D eigenvalue weighted by molar-refractivity contribution is 5.92. The Morgan fingerprint density at radius 2 is 1.79 bits per heavy atom. The number of para-hydroxylation sites is 1. The summed E-state index contributed by atoms with van der Waals surface area (Å²) in [5.74, 6) is -2.58. The van der Waals surface area contributed by atoms with Crippen LogP contribution in [-0.4, -0.2) is 42.7 Å². The van der Waals surface area contributed by atoms with Crippen LogP contribution in [0.5, 0.6) is 5.75 Å². The van der Waals surface area contributed by atoms with Gasteiger partial charge in [-0.1, -0.05) is 18.7 Å². The molecule has 1 aromatic rings. The molecule has 0 amide bonds. The molecule has 1 atom stereocenters. The lowest BCUT2D eigenvalue weighted by Gasteiger charge is -2.14. The summed E-state index contributed by atoms with van der Waals surface area (Å²) in [4.78, 5) is 22.9. The molecule has 1 aromatic carbocycles. The maximum Gasteiger partial charge on any atom is 0.573 e. The van der Waals surface area contributed by atoms with Gasteiger partial charge in [0.25, 0.3) is 0 Å². The normalized spacial score (nSPS) is 12.2. The smallest absolute Gasteiger partial charge is 0.459 e. The zero-order valence-electron chi connectivity index (χ0n) is 12.6. The summed E-state index contributed by atoms with van der Waals surface area (Å²) >= 11 is 0. The number of aliphatic hydroxyl groups excluding tert-OH is 1. The molecule has 0 radical (unpaired) electrons. The van der Waals surface area contributed by atoms with Crippen molar-refractivity contribution in [1.82, 2.24) is 0 Å². The van der Waals surface area contributed by atoms with Crippen molar-refractivity contribution in [2.45, 2.75) is 19.4 Å². The van der Waals surface area contributed by atoms with Gasteiger partial charge >= 0.3 is 18.3 Å². The Labute approximate surface area is 135 Å². The number of benzene rings is 1. The van der Waals surface area contributed by atoms with Gasteiger partial charge in [0.15, 0.2) is 0 Å². The lowest BCUT2D eigenvalue weighted by Crippen LogP contribution is -2.26. The zero-order chi connectivity index (χ0) is 18.3. The number of carbonyl (C=O) groups is 2. The molecule has 0 aliphatic carbocycles. The van der Waals surface area contributed by atoms with E-state index in [1.165, 1.54) is 19.1 Å². The highest BCUT2D eigenvalue weighted by Gasteiger charge is 2.33. The monoisotopic (exact) mass is 348 g/mol. The first-order valence-electron chi connectivity index (χ1n) is 6.62. The number of hydrogen-bond donors (Lipinski definition) is 1. The minimum absolute atomic E-state index is 0.123. The minimum Gasteiger partial charge on any atom is -0.459 e. The summed E-state index contributed by atoms with van der Waals surface area (Å²) < 4.78 is 49.9. The van der Waals surface area contributed by atoms with Gasteiger partial charge in [-0.05, 0) is 19.1 Å². The van der Waals surface area contributed by atoms with Crippen LogP contribution in [-0.2, 0) is 14.3 Å². The number of carbonyl (C=O) groups excluding carboxylic acids is 2. The molecule has 0 saturated heterocycles. The average molecular weight is 348 g/mol. The van der Waals surface area contributed by atoms with Crippen LogP contribution in [0.15, 0.2) is 36.4 Å². The molecule has 6 nitrogen and oxygen atoms in total. The Morgan fingerprint density at radius 1 is 1.21 bits per heavy atom. The van der Waals surface area contributed by atoms with Crippen LogP contribution in [0, 0.1) is 0 Å². The maximum atomic E-state index is 12.3. The average Bonchev–Trinajstić information content (AvgIpc) is 2.49. The van der Waals surface area contributed by atoms with Crippen molar-refractivity contribution in [1.29, 1.82) is 0 Å². The van der Waals surface area contributed by atoms with E-state index in [-0.39, 0.29) is 5.57 Å². The summed E-state index contributed by atoms with van der Waals surface area (Å²) in [6, 6.07) is 4.61. The van der Waals surface area contributed by atoms with Crippen molar-refractivity contribution in [3.63, 3.8) is 0 Å². The molecule has 0 heterocycles. The molecule has 1 N–H and O–H groups in total. The van der Waals surface area contributed by atoms with Gasteiger partial charge in [0.1, 0.15) is 30.6 Å². The van der Waals surface area contributed by atoms with E-state index in [9.17, 15) is 27.9 Å². The molecule has 0 saturated carbocycles. The van der Waals surface area contributed by atoms with Gasteiger partial charge in [-0.3, -0.25) is 0 Å². The third kappa shape index (κ3) is 6.69. The summed E-state index contributed by atoms with van der Waals surface area (Å²) in [7, 11) is 0. The van der Waals surface area contributed by atoms with Gasteiger partial charge in [0.05, 0.1) is 0 Å². The lowest BCUT2D eigenvalue weighted by atomic mass is 10.2. The van der Waals surface area contributed by atoms with E-state index in [4.69, 9.17) is 0 Å². The van der Waals surface area contributed by atoms with Crippen molar-refractivity contribution < 1.29 is 42.1 Å². The molecule has 0 bridgehead atoms. The Balaban J connectivity index is 2.59. The summed E-state index contributed by atoms with van der Waals surface area (Å²) in [6.45, 7) is 3.71. The molecular formula is C15H15F3O6. The number of halogens is 3. The fraction of sp³-hybridized carbons (Fsp3) is 0.333. The second-order valence-corrected chi connectivity index (χ2v) is 4.68. The van der Waals surface area contributed by atoms with Gasteiger partial charge in [-0.15, -0.1) is 13.2 Å². The van der Waals surface area contributed by atoms with Crippen molar-refractivity contribution in [3.8, 4) is 5.75 Å². The molecule has 24 heavy (non-hydrogen) atoms. The van der Waals surface area contributed by atoms with E-state index in [1.807, 2.05) is 0 Å². The Hall–Kier alpha value is -2.55. The first-order valence-corrected chi connectivity index (χ1v) is 6.62. The molecule has 0 aliphatic heterocycles. The topological polar surface area (TPSA) is 82.1 Å².